The molecule has 0 spiro atoms. The van der Waals surface area contributed by atoms with Crippen molar-refractivity contribution < 1.29 is 0 Å². The molecule has 0 atom stereocenters. The predicted octanol–water partition coefficient (Wildman–Crippen LogP) is 4.40. The molecule has 2 heteroatoms. The molecule has 1 aromatic heterocycles. The average molecular weight is 292 g/mol. The van der Waals surface area contributed by atoms with Crippen LogP contribution >= 0.6 is 0 Å². The molecule has 2 nitrogen and oxygen atoms in total. The summed E-state index contributed by atoms with van der Waals surface area (Å²) < 4.78 is 0. The number of nitrogens with zero attached hydrogens (tertiary/aromatic N) is 2. The van der Waals surface area contributed by atoms with Gasteiger partial charge in [0, 0.05) is 25.8 Å². The fourth-order valence-corrected chi connectivity index (χ4v) is 3.40. The zero-order chi connectivity index (χ0) is 15.4. The number of pyridine rings is 1. The summed E-state index contributed by atoms with van der Waals surface area (Å²) >= 11 is 0. The summed E-state index contributed by atoms with van der Waals surface area (Å²) in [7, 11) is 0. The Labute approximate surface area is 133 Å². The van der Waals surface area contributed by atoms with Crippen LogP contribution in [0, 0.1) is 5.41 Å². The highest BCUT2D eigenvalue weighted by Crippen LogP contribution is 2.33. The number of likely N-dealkylation sites (tertiary alicyclic amines) is 1. The molecule has 1 aliphatic heterocycles. The van der Waals surface area contributed by atoms with Gasteiger partial charge in [-0.15, -0.1) is 0 Å². The van der Waals surface area contributed by atoms with E-state index in [-0.39, 0.29) is 0 Å². The van der Waals surface area contributed by atoms with Crippen molar-refractivity contribution in [2.45, 2.75) is 26.8 Å². The summed E-state index contributed by atoms with van der Waals surface area (Å²) in [6.07, 6.45) is 5.27. The first-order valence-corrected chi connectivity index (χ1v) is 7.97. The molecule has 1 fully saturated rings. The first kappa shape index (κ1) is 15.0. The first-order chi connectivity index (χ1) is 10.6. The maximum Gasteiger partial charge on any atom is 0.0629 e. The van der Waals surface area contributed by atoms with Crippen molar-refractivity contribution in [3.63, 3.8) is 0 Å². The molecule has 0 saturated carbocycles. The van der Waals surface area contributed by atoms with E-state index < -0.39 is 0 Å². The normalized spacial score (nSPS) is 20.2. The molecule has 0 radical (unpaired) electrons. The van der Waals surface area contributed by atoms with Gasteiger partial charge in [-0.05, 0) is 35.6 Å². The largest absolute Gasteiger partial charge is 0.295 e. The number of hydrogen-bond donors (Lipinski definition) is 0. The molecule has 1 aromatic carbocycles. The summed E-state index contributed by atoms with van der Waals surface area (Å²) in [4.78, 5) is 6.98. The second kappa shape index (κ2) is 6.45. The lowest BCUT2D eigenvalue weighted by Gasteiger charge is -2.39. The van der Waals surface area contributed by atoms with E-state index in [9.17, 15) is 0 Å². The number of hydrogen-bond acceptors (Lipinski definition) is 2. The van der Waals surface area contributed by atoms with Crippen molar-refractivity contribution in [2.75, 3.05) is 13.1 Å². The van der Waals surface area contributed by atoms with Crippen LogP contribution in [0.4, 0.5) is 0 Å². The van der Waals surface area contributed by atoms with Crippen LogP contribution in [0.3, 0.4) is 0 Å². The second-order valence-corrected chi connectivity index (χ2v) is 7.03. The summed E-state index contributed by atoms with van der Waals surface area (Å²) in [6.45, 7) is 7.91. The standard InChI is InChI=1S/C20H24N2/c1-20(2)13-18(12-19-10-6-7-11-21-19)15-22(16-20)14-17-8-4-3-5-9-17/h3-12H,13-16H2,1-2H3. The third kappa shape index (κ3) is 4.05. The fraction of sp³-hybridized carbons (Fsp3) is 0.350. The Morgan fingerprint density at radius 3 is 2.59 bits per heavy atom. The molecule has 0 amide bonds. The lowest BCUT2D eigenvalue weighted by Crippen LogP contribution is -2.40. The maximum absolute atomic E-state index is 4.43. The highest BCUT2D eigenvalue weighted by molar-refractivity contribution is 5.49. The number of benzene rings is 1. The van der Waals surface area contributed by atoms with Crippen molar-refractivity contribution in [1.29, 1.82) is 0 Å². The van der Waals surface area contributed by atoms with Gasteiger partial charge in [-0.1, -0.05) is 55.8 Å². The molecule has 0 N–H and O–H groups in total. The molecule has 22 heavy (non-hydrogen) atoms. The molecule has 3 rings (SSSR count). The summed E-state index contributed by atoms with van der Waals surface area (Å²) in [5.41, 5.74) is 4.24. The molecule has 2 heterocycles. The van der Waals surface area contributed by atoms with Crippen LogP contribution in [0.15, 0.2) is 60.3 Å². The SMILES string of the molecule is CC1(C)CC(=Cc2ccccn2)CN(Cc2ccccc2)C1. The van der Waals surface area contributed by atoms with Gasteiger partial charge in [0.15, 0.2) is 0 Å². The van der Waals surface area contributed by atoms with E-state index in [1.54, 1.807) is 0 Å². The van der Waals surface area contributed by atoms with E-state index in [2.05, 4.69) is 72.3 Å². The van der Waals surface area contributed by atoms with Gasteiger partial charge in [-0.25, -0.2) is 0 Å². The van der Waals surface area contributed by atoms with E-state index in [0.29, 0.717) is 5.41 Å². The van der Waals surface area contributed by atoms with Gasteiger partial charge in [-0.2, -0.15) is 0 Å². The van der Waals surface area contributed by atoms with Gasteiger partial charge in [0.25, 0.3) is 0 Å². The topological polar surface area (TPSA) is 16.1 Å². The van der Waals surface area contributed by atoms with Crippen LogP contribution in [-0.2, 0) is 6.54 Å². The molecule has 1 aliphatic rings. The van der Waals surface area contributed by atoms with Gasteiger partial charge in [-0.3, -0.25) is 9.88 Å². The quantitative estimate of drug-likeness (QED) is 0.833. The molecule has 1 saturated heterocycles. The van der Waals surface area contributed by atoms with Gasteiger partial charge >= 0.3 is 0 Å². The zero-order valence-electron chi connectivity index (χ0n) is 13.5. The Bertz CT molecular complexity index is 629. The van der Waals surface area contributed by atoms with E-state index in [1.807, 2.05) is 12.3 Å². The molecular formula is C20H24N2. The highest BCUT2D eigenvalue weighted by atomic mass is 15.1. The Hall–Kier alpha value is -1.93. The van der Waals surface area contributed by atoms with Crippen LogP contribution in [0.5, 0.6) is 0 Å². The van der Waals surface area contributed by atoms with Crippen molar-refractivity contribution in [3.8, 4) is 0 Å². The zero-order valence-corrected chi connectivity index (χ0v) is 13.5. The van der Waals surface area contributed by atoms with Crippen LogP contribution in [0.25, 0.3) is 6.08 Å². The summed E-state index contributed by atoms with van der Waals surface area (Å²) in [5.74, 6) is 0. The van der Waals surface area contributed by atoms with Gasteiger partial charge in [0.05, 0.1) is 5.69 Å². The monoisotopic (exact) mass is 292 g/mol. The second-order valence-electron chi connectivity index (χ2n) is 7.03. The van der Waals surface area contributed by atoms with Gasteiger partial charge in [0.2, 0.25) is 0 Å². The maximum atomic E-state index is 4.43. The molecular weight excluding hydrogens is 268 g/mol. The van der Waals surface area contributed by atoms with Crippen LogP contribution in [0.2, 0.25) is 0 Å². The Kier molecular flexibility index (Phi) is 4.39. The smallest absolute Gasteiger partial charge is 0.0629 e. The van der Waals surface area contributed by atoms with E-state index in [0.717, 1.165) is 31.7 Å². The number of rotatable bonds is 3. The minimum Gasteiger partial charge on any atom is -0.295 e. The average Bonchev–Trinajstić information content (AvgIpc) is 2.47. The Morgan fingerprint density at radius 1 is 1.09 bits per heavy atom. The Morgan fingerprint density at radius 2 is 1.86 bits per heavy atom. The minimum absolute atomic E-state index is 0.313. The molecule has 114 valence electrons. The third-order valence-corrected chi connectivity index (χ3v) is 4.07. The van der Waals surface area contributed by atoms with Crippen molar-refractivity contribution in [1.82, 2.24) is 9.88 Å². The Balaban J connectivity index is 1.77. The van der Waals surface area contributed by atoms with Crippen LogP contribution in [-0.4, -0.2) is 23.0 Å². The highest BCUT2D eigenvalue weighted by Gasteiger charge is 2.29. The van der Waals surface area contributed by atoms with Crippen LogP contribution < -0.4 is 0 Å². The van der Waals surface area contributed by atoms with Crippen molar-refractivity contribution in [2.24, 2.45) is 5.41 Å². The fourth-order valence-electron chi connectivity index (χ4n) is 3.40. The minimum atomic E-state index is 0.313. The van der Waals surface area contributed by atoms with E-state index in [4.69, 9.17) is 0 Å². The molecule has 0 bridgehead atoms. The summed E-state index contributed by atoms with van der Waals surface area (Å²) in [5, 5.41) is 0. The van der Waals surface area contributed by atoms with E-state index >= 15 is 0 Å². The van der Waals surface area contributed by atoms with Crippen LogP contribution in [0.1, 0.15) is 31.5 Å². The van der Waals surface area contributed by atoms with Gasteiger partial charge < -0.3 is 0 Å². The molecule has 2 aromatic rings. The van der Waals surface area contributed by atoms with Gasteiger partial charge in [0.1, 0.15) is 0 Å². The molecule has 0 unspecified atom stereocenters. The number of aromatic nitrogens is 1. The lowest BCUT2D eigenvalue weighted by molar-refractivity contribution is 0.147. The van der Waals surface area contributed by atoms with Crippen molar-refractivity contribution in [3.05, 3.63) is 71.6 Å². The van der Waals surface area contributed by atoms with E-state index in [1.165, 1.54) is 11.1 Å². The first-order valence-electron chi connectivity index (χ1n) is 7.97. The summed E-state index contributed by atoms with van der Waals surface area (Å²) in [6, 6.07) is 16.8. The number of piperidine rings is 1. The third-order valence-electron chi connectivity index (χ3n) is 4.07. The lowest BCUT2D eigenvalue weighted by atomic mass is 9.81. The van der Waals surface area contributed by atoms with Crippen molar-refractivity contribution >= 4 is 6.08 Å². The molecule has 0 aliphatic carbocycles. The predicted molar refractivity (Wildman–Crippen MR) is 92.3 cm³/mol.